The van der Waals surface area contributed by atoms with Crippen LogP contribution in [0.5, 0.6) is 5.88 Å². The maximum atomic E-state index is 12.6. The Morgan fingerprint density at radius 1 is 1.06 bits per heavy atom. The predicted molar refractivity (Wildman–Crippen MR) is 123 cm³/mol. The Morgan fingerprint density at radius 3 is 2.53 bits per heavy atom. The minimum absolute atomic E-state index is 0.125. The number of tetrazole rings is 1. The highest BCUT2D eigenvalue weighted by Crippen LogP contribution is 2.30. The summed E-state index contributed by atoms with van der Waals surface area (Å²) in [7, 11) is 0. The fraction of sp³-hybridized carbons (Fsp3) is 0.174. The lowest BCUT2D eigenvalue weighted by molar-refractivity contribution is -0.118. The summed E-state index contributed by atoms with van der Waals surface area (Å²) in [6.07, 6.45) is 0. The lowest BCUT2D eigenvalue weighted by Gasteiger charge is -2.10. The van der Waals surface area contributed by atoms with Crippen LogP contribution >= 0.6 is 0 Å². The van der Waals surface area contributed by atoms with Gasteiger partial charge < -0.3 is 9.30 Å². The zero-order valence-electron chi connectivity index (χ0n) is 18.4. The Labute approximate surface area is 192 Å². The number of Topliss-reactive ketones (excluding diaryl/α,β-unsaturated/α-hetero) is 1. The second-order valence-corrected chi connectivity index (χ2v) is 7.77. The summed E-state index contributed by atoms with van der Waals surface area (Å²) < 4.78 is 7.24. The van der Waals surface area contributed by atoms with E-state index in [9.17, 15) is 9.59 Å². The van der Waals surface area contributed by atoms with Crippen LogP contribution in [0.2, 0.25) is 0 Å². The topological polar surface area (TPSA) is 144 Å². The van der Waals surface area contributed by atoms with Crippen LogP contribution in [0.4, 0.5) is 0 Å². The number of carbonyl (C=O) groups is 1. The summed E-state index contributed by atoms with van der Waals surface area (Å²) in [4.78, 5) is 28.3. The quantitative estimate of drug-likeness (QED) is 0.379. The van der Waals surface area contributed by atoms with Gasteiger partial charge in [-0.2, -0.15) is 5.21 Å². The largest absolute Gasteiger partial charge is 0.467 e. The fourth-order valence-electron chi connectivity index (χ4n) is 3.79. The van der Waals surface area contributed by atoms with E-state index in [4.69, 9.17) is 4.74 Å². The first kappa shape index (κ1) is 21.2. The Balaban J connectivity index is 1.47. The highest BCUT2D eigenvalue weighted by molar-refractivity contribution is 5.82. The highest BCUT2D eigenvalue weighted by atomic mass is 16.5. The minimum Gasteiger partial charge on any atom is -0.467 e. The number of aromatic amines is 2. The molecule has 34 heavy (non-hydrogen) atoms. The van der Waals surface area contributed by atoms with Gasteiger partial charge in [0.15, 0.2) is 11.3 Å². The number of H-pyrrole nitrogens is 2. The number of ketones is 1. The van der Waals surface area contributed by atoms with Gasteiger partial charge >= 0.3 is 0 Å². The van der Waals surface area contributed by atoms with Gasteiger partial charge in [-0.15, -0.1) is 15.3 Å². The molecule has 0 fully saturated rings. The van der Waals surface area contributed by atoms with Crippen LogP contribution in [0, 0.1) is 6.92 Å². The third kappa shape index (κ3) is 3.94. The third-order valence-electron chi connectivity index (χ3n) is 5.37. The van der Waals surface area contributed by atoms with Crippen molar-refractivity contribution in [2.24, 2.45) is 0 Å². The summed E-state index contributed by atoms with van der Waals surface area (Å²) in [6, 6.07) is 15.8. The second kappa shape index (κ2) is 8.70. The molecule has 0 unspecified atom stereocenters. The van der Waals surface area contributed by atoms with Crippen LogP contribution in [-0.2, 0) is 11.3 Å². The van der Waals surface area contributed by atoms with Crippen LogP contribution in [-0.4, -0.2) is 52.8 Å². The van der Waals surface area contributed by atoms with Gasteiger partial charge in [-0.3, -0.25) is 9.59 Å². The Morgan fingerprint density at radius 2 is 1.82 bits per heavy atom. The first-order chi connectivity index (χ1) is 16.5. The number of nitrogens with zero attached hydrogens (tertiary/aromatic N) is 6. The average molecular weight is 456 g/mol. The zero-order chi connectivity index (χ0) is 23.7. The molecule has 0 saturated heterocycles. The van der Waals surface area contributed by atoms with E-state index < -0.39 is 0 Å². The zero-order valence-corrected chi connectivity index (χ0v) is 18.4. The van der Waals surface area contributed by atoms with Crippen LogP contribution in [0.15, 0.2) is 53.3 Å². The SMILES string of the molecule is CC(=O)COc1n[nH]c(=O)c2c1nc(C)n2Cc1ccc(-c2ccccc2-c2nn[nH]n2)cc1. The molecule has 5 aromatic rings. The molecule has 0 saturated carbocycles. The van der Waals surface area contributed by atoms with Gasteiger partial charge in [-0.25, -0.2) is 10.1 Å². The number of aryl methyl sites for hydroxylation is 1. The van der Waals surface area contributed by atoms with Crippen molar-refractivity contribution in [3.05, 3.63) is 70.3 Å². The second-order valence-electron chi connectivity index (χ2n) is 7.77. The average Bonchev–Trinajstić information content (AvgIpc) is 3.48. The molecule has 3 heterocycles. The maximum absolute atomic E-state index is 12.6. The molecular formula is C23H20N8O3. The van der Waals surface area contributed by atoms with Gasteiger partial charge in [0.25, 0.3) is 11.4 Å². The van der Waals surface area contributed by atoms with E-state index >= 15 is 0 Å². The predicted octanol–water partition coefficient (Wildman–Crippen LogP) is 2.29. The molecule has 11 nitrogen and oxygen atoms in total. The lowest BCUT2D eigenvalue weighted by Crippen LogP contribution is -2.16. The summed E-state index contributed by atoms with van der Waals surface area (Å²) in [5, 5.41) is 20.7. The molecule has 2 N–H and O–H groups in total. The van der Waals surface area contributed by atoms with Crippen molar-refractivity contribution in [3.8, 4) is 28.4 Å². The van der Waals surface area contributed by atoms with E-state index in [0.29, 0.717) is 29.2 Å². The number of hydrogen-bond donors (Lipinski definition) is 2. The van der Waals surface area contributed by atoms with Crippen LogP contribution in [0.1, 0.15) is 18.3 Å². The van der Waals surface area contributed by atoms with Crippen molar-refractivity contribution in [2.45, 2.75) is 20.4 Å². The number of nitrogens with one attached hydrogen (secondary N) is 2. The van der Waals surface area contributed by atoms with Crippen molar-refractivity contribution >= 4 is 16.8 Å². The molecule has 0 radical (unpaired) electrons. The van der Waals surface area contributed by atoms with Gasteiger partial charge in [0.1, 0.15) is 17.9 Å². The molecule has 0 amide bonds. The van der Waals surface area contributed by atoms with E-state index in [2.05, 4.69) is 35.8 Å². The molecule has 0 aliphatic rings. The molecule has 0 spiro atoms. The minimum atomic E-state index is -0.378. The number of benzene rings is 2. The van der Waals surface area contributed by atoms with Gasteiger partial charge in [0, 0.05) is 12.1 Å². The Hall–Kier alpha value is -4.67. The summed E-state index contributed by atoms with van der Waals surface area (Å²) in [6.45, 7) is 3.50. The highest BCUT2D eigenvalue weighted by Gasteiger charge is 2.18. The first-order valence-corrected chi connectivity index (χ1v) is 10.5. The molecular weight excluding hydrogens is 436 g/mol. The van der Waals surface area contributed by atoms with E-state index in [1.165, 1.54) is 6.92 Å². The van der Waals surface area contributed by atoms with Crippen LogP contribution in [0.25, 0.3) is 33.5 Å². The normalized spacial score (nSPS) is 11.1. The smallest absolute Gasteiger partial charge is 0.290 e. The van der Waals surface area contributed by atoms with Crippen molar-refractivity contribution in [1.82, 2.24) is 40.4 Å². The van der Waals surface area contributed by atoms with Gasteiger partial charge in [-0.1, -0.05) is 48.5 Å². The van der Waals surface area contributed by atoms with E-state index in [-0.39, 0.29) is 23.8 Å². The Bertz CT molecular complexity index is 1540. The number of aromatic nitrogens is 8. The standard InChI is InChI=1S/C23H20N8O3/c1-13(32)12-34-23-19-20(22(33)27-28-23)31(14(2)24-19)11-15-7-9-16(10-8-15)17-5-3-4-6-18(17)21-25-29-30-26-21/h3-10H,11-12H2,1-2H3,(H,27,33)(H,25,26,29,30). The van der Waals surface area contributed by atoms with E-state index in [1.54, 1.807) is 4.57 Å². The molecule has 2 aromatic carbocycles. The number of carbonyl (C=O) groups excluding carboxylic acids is 1. The van der Waals surface area contributed by atoms with Gasteiger partial charge in [0.05, 0.1) is 0 Å². The molecule has 3 aromatic heterocycles. The van der Waals surface area contributed by atoms with Gasteiger partial charge in [0.2, 0.25) is 5.82 Å². The monoisotopic (exact) mass is 456 g/mol. The fourth-order valence-corrected chi connectivity index (χ4v) is 3.79. The lowest BCUT2D eigenvalue weighted by atomic mass is 9.98. The van der Waals surface area contributed by atoms with Crippen LogP contribution in [0.3, 0.4) is 0 Å². The molecule has 170 valence electrons. The van der Waals surface area contributed by atoms with Gasteiger partial charge in [-0.05, 0) is 35.8 Å². The number of hydrogen-bond acceptors (Lipinski definition) is 8. The summed E-state index contributed by atoms with van der Waals surface area (Å²) >= 11 is 0. The molecule has 0 aliphatic carbocycles. The molecule has 5 rings (SSSR count). The van der Waals surface area contributed by atoms with Crippen molar-refractivity contribution in [3.63, 3.8) is 0 Å². The third-order valence-corrected chi connectivity index (χ3v) is 5.37. The Kier molecular flexibility index (Phi) is 5.42. The number of rotatable bonds is 7. The molecule has 0 aliphatic heterocycles. The summed E-state index contributed by atoms with van der Waals surface area (Å²) in [5.74, 6) is 1.13. The molecule has 0 atom stereocenters. The van der Waals surface area contributed by atoms with Crippen LogP contribution < -0.4 is 10.3 Å². The number of imidazole rings is 1. The van der Waals surface area contributed by atoms with E-state index in [1.807, 2.05) is 55.5 Å². The number of ether oxygens (including phenoxy) is 1. The molecule has 0 bridgehead atoms. The van der Waals surface area contributed by atoms with Crippen molar-refractivity contribution in [2.75, 3.05) is 6.61 Å². The van der Waals surface area contributed by atoms with Crippen molar-refractivity contribution < 1.29 is 9.53 Å². The van der Waals surface area contributed by atoms with E-state index in [0.717, 1.165) is 22.3 Å². The maximum Gasteiger partial charge on any atom is 0.290 e. The summed E-state index contributed by atoms with van der Waals surface area (Å²) in [5.41, 5.74) is 4.12. The first-order valence-electron chi connectivity index (χ1n) is 10.5. The molecule has 11 heteroatoms. The number of fused-ring (bicyclic) bond motifs is 1. The van der Waals surface area contributed by atoms with Crippen molar-refractivity contribution in [1.29, 1.82) is 0 Å².